The van der Waals surface area contributed by atoms with Crippen LogP contribution in [0.2, 0.25) is 5.02 Å². The normalized spacial score (nSPS) is 16.6. The zero-order valence-corrected chi connectivity index (χ0v) is 23.9. The average molecular weight is 568 g/mol. The summed E-state index contributed by atoms with van der Waals surface area (Å²) in [5.41, 5.74) is 1.83. The van der Waals surface area contributed by atoms with Gasteiger partial charge in [0.15, 0.2) is 11.5 Å². The van der Waals surface area contributed by atoms with E-state index in [1.54, 1.807) is 24.3 Å². The first-order chi connectivity index (χ1) is 19.3. The molecule has 1 aliphatic heterocycles. The van der Waals surface area contributed by atoms with E-state index in [1.807, 2.05) is 0 Å². The lowest BCUT2D eigenvalue weighted by Crippen LogP contribution is -2.47. The zero-order chi connectivity index (χ0) is 28.5. The van der Waals surface area contributed by atoms with E-state index in [0.717, 1.165) is 19.3 Å². The molecule has 0 aliphatic carbocycles. The SMILES string of the molecule is CC(C)CCCCCCC1NC(=O)Cc2ccc(Cl)cc2Nc2ncnc3cc(O)c(cc23)OCCCNC1=O. The molecule has 40 heavy (non-hydrogen) atoms. The van der Waals surface area contributed by atoms with Crippen molar-refractivity contribution in [3.63, 3.8) is 0 Å². The molecule has 2 heterocycles. The molecule has 3 aromatic rings. The molecule has 2 aromatic carbocycles. The van der Waals surface area contributed by atoms with E-state index in [0.29, 0.717) is 64.0 Å². The standard InChI is InChI=1S/C30H38ClN5O4/c1-19(2)8-5-3-4-6-9-23-30(39)32-12-7-13-40-27-16-22-25(17-26(27)37)33-18-34-29(22)36-24-15-21(31)11-10-20(24)14-28(38)35-23/h10-11,15-19,23,37H,3-9,12-14H2,1-2H3,(H,32,39)(H,35,38)(H,33,34,36). The number of benzene rings is 2. The van der Waals surface area contributed by atoms with Gasteiger partial charge in [0.25, 0.3) is 0 Å². The number of rotatable bonds is 7. The number of anilines is 2. The molecular formula is C30H38ClN5O4. The molecule has 2 bridgehead atoms. The van der Waals surface area contributed by atoms with Crippen molar-refractivity contribution in [1.82, 2.24) is 20.6 Å². The first-order valence-electron chi connectivity index (χ1n) is 14.0. The van der Waals surface area contributed by atoms with Crippen molar-refractivity contribution in [2.75, 3.05) is 18.5 Å². The number of unbranched alkanes of at least 4 members (excludes halogenated alkanes) is 3. The molecule has 0 radical (unpaired) electrons. The van der Waals surface area contributed by atoms with Crippen molar-refractivity contribution in [3.05, 3.63) is 47.2 Å². The maximum Gasteiger partial charge on any atom is 0.242 e. The van der Waals surface area contributed by atoms with E-state index in [-0.39, 0.29) is 30.6 Å². The number of ether oxygens (including phenoxy) is 1. The van der Waals surface area contributed by atoms with E-state index in [9.17, 15) is 14.7 Å². The zero-order valence-electron chi connectivity index (χ0n) is 23.1. The van der Waals surface area contributed by atoms with Crippen LogP contribution in [0.25, 0.3) is 10.9 Å². The number of nitrogens with one attached hydrogen (secondary N) is 3. The molecule has 4 rings (SSSR count). The lowest BCUT2D eigenvalue weighted by Gasteiger charge is -2.19. The Labute approximate surface area is 240 Å². The van der Waals surface area contributed by atoms with Gasteiger partial charge >= 0.3 is 0 Å². The van der Waals surface area contributed by atoms with Crippen molar-refractivity contribution < 1.29 is 19.4 Å². The summed E-state index contributed by atoms with van der Waals surface area (Å²) in [6.07, 6.45) is 7.89. The number of phenols is 1. The van der Waals surface area contributed by atoms with Crippen LogP contribution < -0.4 is 20.7 Å². The number of aromatic hydroxyl groups is 1. The Balaban J connectivity index is 1.57. The first kappa shape index (κ1) is 29.4. The van der Waals surface area contributed by atoms with Gasteiger partial charge in [0.1, 0.15) is 18.2 Å². The number of fused-ring (bicyclic) bond motifs is 2. The molecular weight excluding hydrogens is 530 g/mol. The lowest BCUT2D eigenvalue weighted by molar-refractivity contribution is -0.128. The number of halogens is 1. The summed E-state index contributed by atoms with van der Waals surface area (Å²) >= 11 is 6.31. The van der Waals surface area contributed by atoms with Gasteiger partial charge in [0, 0.05) is 28.7 Å². The van der Waals surface area contributed by atoms with Crippen LogP contribution in [0.5, 0.6) is 11.5 Å². The highest BCUT2D eigenvalue weighted by Gasteiger charge is 2.22. The second kappa shape index (κ2) is 14.2. The van der Waals surface area contributed by atoms with Crippen LogP contribution in [0.1, 0.15) is 64.4 Å². The van der Waals surface area contributed by atoms with Crippen molar-refractivity contribution in [2.45, 2.75) is 71.3 Å². The van der Waals surface area contributed by atoms with E-state index >= 15 is 0 Å². The molecule has 1 atom stereocenters. The highest BCUT2D eigenvalue weighted by molar-refractivity contribution is 6.31. The van der Waals surface area contributed by atoms with Crippen LogP contribution >= 0.6 is 11.6 Å². The number of amides is 2. The second-order valence-electron chi connectivity index (χ2n) is 10.7. The predicted molar refractivity (Wildman–Crippen MR) is 157 cm³/mol. The molecule has 1 aliphatic rings. The van der Waals surface area contributed by atoms with Crippen LogP contribution in [0.3, 0.4) is 0 Å². The number of hydrogen-bond acceptors (Lipinski definition) is 7. The predicted octanol–water partition coefficient (Wildman–Crippen LogP) is 5.66. The maximum atomic E-state index is 13.2. The smallest absolute Gasteiger partial charge is 0.242 e. The minimum Gasteiger partial charge on any atom is -0.504 e. The molecule has 0 fully saturated rings. The Hall–Kier alpha value is -3.59. The van der Waals surface area contributed by atoms with Crippen LogP contribution in [-0.4, -0.2) is 46.1 Å². The Bertz CT molecular complexity index is 1330. The summed E-state index contributed by atoms with van der Waals surface area (Å²) in [5, 5.41) is 20.8. The summed E-state index contributed by atoms with van der Waals surface area (Å²) in [7, 11) is 0. The molecule has 4 N–H and O–H groups in total. The van der Waals surface area contributed by atoms with E-state index in [1.165, 1.54) is 25.2 Å². The Kier molecular flexibility index (Phi) is 10.4. The lowest BCUT2D eigenvalue weighted by atomic mass is 10.0. The summed E-state index contributed by atoms with van der Waals surface area (Å²) in [6.45, 7) is 5.11. The topological polar surface area (TPSA) is 125 Å². The molecule has 0 spiro atoms. The monoisotopic (exact) mass is 567 g/mol. The number of carbonyl (C=O) groups excluding carboxylic acids is 2. The third-order valence-corrected chi connectivity index (χ3v) is 7.18. The van der Waals surface area contributed by atoms with Crippen molar-refractivity contribution >= 4 is 45.8 Å². The highest BCUT2D eigenvalue weighted by Crippen LogP contribution is 2.35. The summed E-state index contributed by atoms with van der Waals surface area (Å²) in [5.74, 6) is 0.964. The Morgan fingerprint density at radius 1 is 1.10 bits per heavy atom. The molecule has 0 saturated heterocycles. The quantitative estimate of drug-likeness (QED) is 0.272. The van der Waals surface area contributed by atoms with E-state index < -0.39 is 6.04 Å². The fourth-order valence-electron chi connectivity index (χ4n) is 4.76. The van der Waals surface area contributed by atoms with Gasteiger partial charge in [-0.15, -0.1) is 0 Å². The summed E-state index contributed by atoms with van der Waals surface area (Å²) in [6, 6.07) is 7.81. The highest BCUT2D eigenvalue weighted by atomic mass is 35.5. The average Bonchev–Trinajstić information content (AvgIpc) is 2.91. The first-order valence-corrected chi connectivity index (χ1v) is 14.4. The number of aromatic nitrogens is 2. The Morgan fingerprint density at radius 2 is 1.93 bits per heavy atom. The third-order valence-electron chi connectivity index (χ3n) is 6.95. The second-order valence-corrected chi connectivity index (χ2v) is 11.1. The molecule has 1 unspecified atom stereocenters. The van der Waals surface area contributed by atoms with Gasteiger partial charge in [-0.3, -0.25) is 9.59 Å². The third kappa shape index (κ3) is 8.21. The molecule has 10 heteroatoms. The number of nitrogens with zero attached hydrogens (tertiary/aromatic N) is 2. The minimum atomic E-state index is -0.626. The van der Waals surface area contributed by atoms with Gasteiger partial charge in [-0.25, -0.2) is 9.97 Å². The largest absolute Gasteiger partial charge is 0.504 e. The van der Waals surface area contributed by atoms with Crippen molar-refractivity contribution in [1.29, 1.82) is 0 Å². The van der Waals surface area contributed by atoms with Gasteiger partial charge in [-0.05, 0) is 42.5 Å². The van der Waals surface area contributed by atoms with E-state index in [2.05, 4.69) is 39.8 Å². The molecule has 0 saturated carbocycles. The van der Waals surface area contributed by atoms with Crippen LogP contribution in [-0.2, 0) is 16.0 Å². The number of carbonyl (C=O) groups is 2. The van der Waals surface area contributed by atoms with Gasteiger partial charge < -0.3 is 25.8 Å². The van der Waals surface area contributed by atoms with Crippen LogP contribution in [0, 0.1) is 5.92 Å². The molecule has 1 aromatic heterocycles. The molecule has 2 amide bonds. The summed E-state index contributed by atoms with van der Waals surface area (Å²) < 4.78 is 5.83. The molecule has 9 nitrogen and oxygen atoms in total. The van der Waals surface area contributed by atoms with Crippen molar-refractivity contribution in [2.24, 2.45) is 5.92 Å². The van der Waals surface area contributed by atoms with Gasteiger partial charge in [0.2, 0.25) is 11.8 Å². The van der Waals surface area contributed by atoms with E-state index in [4.69, 9.17) is 16.3 Å². The summed E-state index contributed by atoms with van der Waals surface area (Å²) in [4.78, 5) is 34.9. The number of hydrogen-bond donors (Lipinski definition) is 4. The van der Waals surface area contributed by atoms with Crippen molar-refractivity contribution in [3.8, 4) is 11.5 Å². The van der Waals surface area contributed by atoms with Gasteiger partial charge in [-0.2, -0.15) is 0 Å². The van der Waals surface area contributed by atoms with Crippen LogP contribution in [0.4, 0.5) is 11.5 Å². The molecule has 214 valence electrons. The maximum absolute atomic E-state index is 13.2. The Morgan fingerprint density at radius 3 is 2.75 bits per heavy atom. The minimum absolute atomic E-state index is 0.0363. The van der Waals surface area contributed by atoms with Gasteiger partial charge in [0.05, 0.1) is 18.5 Å². The van der Waals surface area contributed by atoms with Gasteiger partial charge in [-0.1, -0.05) is 63.6 Å². The fourth-order valence-corrected chi connectivity index (χ4v) is 4.94. The number of phenolic OH excluding ortho intramolecular Hbond substituents is 1. The van der Waals surface area contributed by atoms with Crippen LogP contribution in [0.15, 0.2) is 36.7 Å². The fraction of sp³-hybridized carbons (Fsp3) is 0.467.